The number of carbonyl (C=O) groups is 1. The largest absolute Gasteiger partial charge is 0.494 e. The van der Waals surface area contributed by atoms with Gasteiger partial charge < -0.3 is 19.2 Å². The first-order valence-electron chi connectivity index (χ1n) is 10.1. The van der Waals surface area contributed by atoms with E-state index in [2.05, 4.69) is 10.4 Å². The van der Waals surface area contributed by atoms with Crippen LogP contribution in [0, 0.1) is 5.82 Å². The smallest absolute Gasteiger partial charge is 0.292 e. The van der Waals surface area contributed by atoms with Crippen LogP contribution in [-0.4, -0.2) is 22.3 Å². The highest BCUT2D eigenvalue weighted by molar-refractivity contribution is 6.01. The maximum Gasteiger partial charge on any atom is 0.292 e. The lowest BCUT2D eigenvalue weighted by atomic mass is 10.2. The van der Waals surface area contributed by atoms with E-state index < -0.39 is 5.91 Å². The summed E-state index contributed by atoms with van der Waals surface area (Å²) in [6.07, 6.45) is 1.67. The van der Waals surface area contributed by atoms with Crippen LogP contribution in [0.1, 0.15) is 28.8 Å². The van der Waals surface area contributed by atoms with E-state index in [-0.39, 0.29) is 24.7 Å². The number of nitrogens with one attached hydrogen (secondary N) is 1. The Labute approximate surface area is 184 Å². The van der Waals surface area contributed by atoms with Crippen LogP contribution in [0.2, 0.25) is 0 Å². The fourth-order valence-electron chi connectivity index (χ4n) is 3.03. The van der Waals surface area contributed by atoms with Crippen LogP contribution in [0.25, 0.3) is 0 Å². The zero-order chi connectivity index (χ0) is 22.3. The minimum absolute atomic E-state index is 0.138. The molecule has 0 aliphatic rings. The van der Waals surface area contributed by atoms with Gasteiger partial charge in [0.1, 0.15) is 29.7 Å². The zero-order valence-electron chi connectivity index (χ0n) is 17.5. The Kier molecular flexibility index (Phi) is 6.50. The van der Waals surface area contributed by atoms with Gasteiger partial charge in [-0.1, -0.05) is 18.2 Å². The Morgan fingerprint density at radius 2 is 1.78 bits per heavy atom. The van der Waals surface area contributed by atoms with E-state index in [4.69, 9.17) is 13.9 Å². The van der Waals surface area contributed by atoms with Gasteiger partial charge in [-0.2, -0.15) is 5.10 Å². The van der Waals surface area contributed by atoms with Gasteiger partial charge in [0.15, 0.2) is 11.6 Å². The van der Waals surface area contributed by atoms with E-state index in [9.17, 15) is 9.18 Å². The van der Waals surface area contributed by atoms with E-state index in [1.165, 1.54) is 6.07 Å². The van der Waals surface area contributed by atoms with E-state index in [0.29, 0.717) is 29.5 Å². The van der Waals surface area contributed by atoms with E-state index in [1.54, 1.807) is 59.4 Å². The van der Waals surface area contributed by atoms with Crippen LogP contribution in [0.4, 0.5) is 10.2 Å². The van der Waals surface area contributed by atoms with Gasteiger partial charge in [-0.25, -0.2) is 4.39 Å². The summed E-state index contributed by atoms with van der Waals surface area (Å²) < 4.78 is 32.0. The molecule has 0 aliphatic heterocycles. The molecule has 164 valence electrons. The second-order valence-corrected chi connectivity index (χ2v) is 6.90. The highest BCUT2D eigenvalue weighted by Crippen LogP contribution is 2.19. The number of halogens is 1. The Balaban J connectivity index is 1.31. The molecule has 4 rings (SSSR count). The summed E-state index contributed by atoms with van der Waals surface area (Å²) in [5, 5.41) is 6.93. The Bertz CT molecular complexity index is 1180. The third-order valence-electron chi connectivity index (χ3n) is 4.57. The molecule has 32 heavy (non-hydrogen) atoms. The monoisotopic (exact) mass is 435 g/mol. The lowest BCUT2D eigenvalue weighted by molar-refractivity contribution is 0.0992. The first kappa shape index (κ1) is 21.2. The molecular weight excluding hydrogens is 413 g/mol. The first-order valence-corrected chi connectivity index (χ1v) is 10.1. The molecule has 7 nitrogen and oxygen atoms in total. The molecular formula is C24H22FN3O4. The number of rotatable bonds is 9. The van der Waals surface area contributed by atoms with Crippen molar-refractivity contribution in [2.45, 2.75) is 20.1 Å². The number of aromatic nitrogens is 2. The summed E-state index contributed by atoms with van der Waals surface area (Å²) in [5.41, 5.74) is 0.511. The first-order chi connectivity index (χ1) is 15.6. The molecule has 0 saturated carbocycles. The van der Waals surface area contributed by atoms with Gasteiger partial charge in [0.2, 0.25) is 0 Å². The van der Waals surface area contributed by atoms with Crippen molar-refractivity contribution < 1.29 is 23.1 Å². The van der Waals surface area contributed by atoms with Crippen molar-refractivity contribution in [1.82, 2.24) is 9.78 Å². The van der Waals surface area contributed by atoms with Crippen LogP contribution in [-0.2, 0) is 13.2 Å². The van der Waals surface area contributed by atoms with E-state index in [1.807, 2.05) is 19.1 Å². The number of hydrogen-bond acceptors (Lipinski definition) is 5. The van der Waals surface area contributed by atoms with E-state index in [0.717, 1.165) is 5.75 Å². The number of amides is 1. The average molecular weight is 435 g/mol. The van der Waals surface area contributed by atoms with Crippen molar-refractivity contribution in [3.63, 3.8) is 0 Å². The Morgan fingerprint density at radius 1 is 1.03 bits per heavy atom. The maximum atomic E-state index is 13.8. The van der Waals surface area contributed by atoms with Gasteiger partial charge in [0, 0.05) is 17.8 Å². The quantitative estimate of drug-likeness (QED) is 0.405. The molecule has 0 bridgehead atoms. The molecule has 0 fully saturated rings. The zero-order valence-corrected chi connectivity index (χ0v) is 17.5. The minimum atomic E-state index is -0.437. The Hall–Kier alpha value is -4.07. The van der Waals surface area contributed by atoms with Crippen molar-refractivity contribution in [1.29, 1.82) is 0 Å². The number of anilines is 1. The lowest BCUT2D eigenvalue weighted by Crippen LogP contribution is -2.12. The molecule has 2 aromatic carbocycles. The Morgan fingerprint density at radius 3 is 2.53 bits per heavy atom. The molecule has 2 aromatic heterocycles. The van der Waals surface area contributed by atoms with Crippen LogP contribution >= 0.6 is 0 Å². The van der Waals surface area contributed by atoms with Gasteiger partial charge in [-0.05, 0) is 49.4 Å². The van der Waals surface area contributed by atoms with Crippen LogP contribution in [0.5, 0.6) is 11.5 Å². The van der Waals surface area contributed by atoms with Gasteiger partial charge >= 0.3 is 0 Å². The van der Waals surface area contributed by atoms with Gasteiger partial charge in [-0.3, -0.25) is 9.48 Å². The second-order valence-electron chi connectivity index (χ2n) is 6.90. The molecule has 1 N–H and O–H groups in total. The predicted molar refractivity (Wildman–Crippen MR) is 116 cm³/mol. The lowest BCUT2D eigenvalue weighted by Gasteiger charge is -2.06. The van der Waals surface area contributed by atoms with Crippen molar-refractivity contribution in [2.24, 2.45) is 0 Å². The molecule has 2 heterocycles. The van der Waals surface area contributed by atoms with Crippen molar-refractivity contribution in [2.75, 3.05) is 11.9 Å². The summed E-state index contributed by atoms with van der Waals surface area (Å²) in [7, 11) is 0. The highest BCUT2D eigenvalue weighted by Gasteiger charge is 2.14. The van der Waals surface area contributed by atoms with Gasteiger partial charge in [0.05, 0.1) is 13.2 Å². The summed E-state index contributed by atoms with van der Waals surface area (Å²) in [5.74, 6) is 1.69. The average Bonchev–Trinajstić information content (AvgIpc) is 3.45. The highest BCUT2D eigenvalue weighted by atomic mass is 19.1. The maximum absolute atomic E-state index is 13.8. The van der Waals surface area contributed by atoms with Crippen molar-refractivity contribution in [3.05, 3.63) is 95.8 Å². The molecule has 4 aromatic rings. The molecule has 1 amide bonds. The second kappa shape index (κ2) is 9.82. The van der Waals surface area contributed by atoms with E-state index >= 15 is 0 Å². The topological polar surface area (TPSA) is 78.5 Å². The third kappa shape index (κ3) is 5.34. The van der Waals surface area contributed by atoms with Gasteiger partial charge in [-0.15, -0.1) is 0 Å². The normalized spacial score (nSPS) is 10.7. The molecule has 0 saturated heterocycles. The molecule has 0 aliphatic carbocycles. The minimum Gasteiger partial charge on any atom is -0.494 e. The fraction of sp³-hybridized carbons (Fsp3) is 0.167. The summed E-state index contributed by atoms with van der Waals surface area (Å²) in [6.45, 7) is 2.96. The number of hydrogen-bond donors (Lipinski definition) is 1. The van der Waals surface area contributed by atoms with Crippen LogP contribution < -0.4 is 14.8 Å². The number of benzene rings is 2. The van der Waals surface area contributed by atoms with Crippen molar-refractivity contribution in [3.8, 4) is 11.5 Å². The molecule has 8 heteroatoms. The van der Waals surface area contributed by atoms with Crippen LogP contribution in [0.15, 0.2) is 77.3 Å². The molecule has 0 atom stereocenters. The molecule has 0 unspecified atom stereocenters. The summed E-state index contributed by atoms with van der Waals surface area (Å²) >= 11 is 0. The molecule has 0 radical (unpaired) electrons. The number of nitrogens with zero attached hydrogens (tertiary/aromatic N) is 2. The molecule has 0 spiro atoms. The number of carbonyl (C=O) groups excluding carboxylic acids is 1. The number of ether oxygens (including phenoxy) is 2. The summed E-state index contributed by atoms with van der Waals surface area (Å²) in [6, 6.07) is 18.6. The van der Waals surface area contributed by atoms with Gasteiger partial charge in [0.25, 0.3) is 5.91 Å². The predicted octanol–water partition coefficient (Wildman–Crippen LogP) is 4.89. The van der Waals surface area contributed by atoms with Crippen LogP contribution in [0.3, 0.4) is 0 Å². The summed E-state index contributed by atoms with van der Waals surface area (Å²) in [4.78, 5) is 12.5. The standard InChI is InChI=1S/C24H22FN3O4/c1-2-30-18-7-9-19(10-8-18)31-16-20-11-12-22(32-20)24(29)26-23-13-14-28(27-23)15-17-5-3-4-6-21(17)25/h3-14H,2,15-16H2,1H3,(H,26,27,29). The fourth-order valence-corrected chi connectivity index (χ4v) is 3.03. The SMILES string of the molecule is CCOc1ccc(OCc2ccc(C(=O)Nc3ccn(Cc4ccccc4F)n3)o2)cc1. The third-order valence-corrected chi connectivity index (χ3v) is 4.57. The van der Waals surface area contributed by atoms with Crippen molar-refractivity contribution >= 4 is 11.7 Å². The number of furan rings is 1.